The van der Waals surface area contributed by atoms with E-state index >= 15 is 0 Å². The second-order valence-electron chi connectivity index (χ2n) is 5.29. The smallest absolute Gasteiger partial charge is 0.407 e. The van der Waals surface area contributed by atoms with E-state index in [4.69, 9.17) is 4.74 Å². The van der Waals surface area contributed by atoms with Crippen molar-refractivity contribution in [1.29, 1.82) is 0 Å². The van der Waals surface area contributed by atoms with Crippen molar-refractivity contribution >= 4 is 6.09 Å². The van der Waals surface area contributed by atoms with E-state index in [0.29, 0.717) is 0 Å². The number of rotatable bonds is 3. The Kier molecular flexibility index (Phi) is 4.73. The van der Waals surface area contributed by atoms with Crippen LogP contribution in [0.15, 0.2) is 30.3 Å². The van der Waals surface area contributed by atoms with Crippen LogP contribution in [0.25, 0.3) is 0 Å². The van der Waals surface area contributed by atoms with Gasteiger partial charge in [0.2, 0.25) is 0 Å². The van der Waals surface area contributed by atoms with Gasteiger partial charge in [-0.15, -0.1) is 0 Å². The van der Waals surface area contributed by atoms with E-state index < -0.39 is 23.8 Å². The van der Waals surface area contributed by atoms with Gasteiger partial charge < -0.3 is 15.2 Å². The van der Waals surface area contributed by atoms with Crippen molar-refractivity contribution in [2.24, 2.45) is 0 Å². The van der Waals surface area contributed by atoms with Crippen LogP contribution >= 0.6 is 0 Å². The number of hydrogen-bond acceptors (Lipinski definition) is 3. The number of ether oxygens (including phenoxy) is 1. The number of aliphatic hydroxyl groups excluding tert-OH is 1. The molecule has 0 bridgehead atoms. The maximum Gasteiger partial charge on any atom is 0.407 e. The molecule has 1 rings (SSSR count). The number of hydrogen-bond donors (Lipinski definition) is 2. The molecule has 0 radical (unpaired) electrons. The van der Waals surface area contributed by atoms with Gasteiger partial charge >= 0.3 is 6.09 Å². The van der Waals surface area contributed by atoms with Crippen LogP contribution in [-0.4, -0.2) is 22.8 Å². The Labute approximate surface area is 108 Å². The Morgan fingerprint density at radius 1 is 1.28 bits per heavy atom. The molecule has 4 heteroatoms. The number of benzene rings is 1. The first-order valence-electron chi connectivity index (χ1n) is 6.02. The molecule has 1 aromatic carbocycles. The molecule has 100 valence electrons. The first kappa shape index (κ1) is 14.5. The van der Waals surface area contributed by atoms with E-state index in [2.05, 4.69) is 5.32 Å². The zero-order valence-corrected chi connectivity index (χ0v) is 11.3. The summed E-state index contributed by atoms with van der Waals surface area (Å²) in [6, 6.07) is 8.79. The molecule has 1 unspecified atom stereocenters. The van der Waals surface area contributed by atoms with Gasteiger partial charge in [-0.1, -0.05) is 30.3 Å². The second kappa shape index (κ2) is 5.87. The van der Waals surface area contributed by atoms with Crippen LogP contribution in [0.1, 0.15) is 39.4 Å². The van der Waals surface area contributed by atoms with Crippen LogP contribution in [-0.2, 0) is 4.74 Å². The maximum atomic E-state index is 11.6. The van der Waals surface area contributed by atoms with Crippen molar-refractivity contribution in [3.8, 4) is 0 Å². The number of nitrogens with one attached hydrogen (secondary N) is 1. The molecule has 0 spiro atoms. The third-order valence-electron chi connectivity index (χ3n) is 2.36. The Morgan fingerprint density at radius 3 is 2.33 bits per heavy atom. The van der Waals surface area contributed by atoms with Crippen molar-refractivity contribution in [2.45, 2.75) is 45.4 Å². The van der Waals surface area contributed by atoms with Gasteiger partial charge in [0, 0.05) is 0 Å². The van der Waals surface area contributed by atoms with Gasteiger partial charge in [0.25, 0.3) is 0 Å². The molecule has 0 aliphatic heterocycles. The van der Waals surface area contributed by atoms with Gasteiger partial charge in [0.05, 0.1) is 12.1 Å². The summed E-state index contributed by atoms with van der Waals surface area (Å²) in [5, 5.41) is 12.7. The highest BCUT2D eigenvalue weighted by Crippen LogP contribution is 2.16. The summed E-state index contributed by atoms with van der Waals surface area (Å²) in [7, 11) is 0. The molecule has 2 N–H and O–H groups in total. The van der Waals surface area contributed by atoms with Crippen molar-refractivity contribution < 1.29 is 14.6 Å². The molecular formula is C14H21NO3. The Balaban J connectivity index is 2.55. The van der Waals surface area contributed by atoms with Crippen LogP contribution < -0.4 is 5.32 Å². The number of amides is 1. The summed E-state index contributed by atoms with van der Waals surface area (Å²) < 4.78 is 5.13. The highest BCUT2D eigenvalue weighted by atomic mass is 16.6. The van der Waals surface area contributed by atoms with Gasteiger partial charge in [0.15, 0.2) is 0 Å². The van der Waals surface area contributed by atoms with Gasteiger partial charge in [-0.2, -0.15) is 0 Å². The number of carbonyl (C=O) groups excluding carboxylic acids is 1. The molecular weight excluding hydrogens is 230 g/mol. The van der Waals surface area contributed by atoms with Gasteiger partial charge in [-0.3, -0.25) is 0 Å². The molecule has 0 fully saturated rings. The van der Waals surface area contributed by atoms with Crippen molar-refractivity contribution in [1.82, 2.24) is 5.32 Å². The lowest BCUT2D eigenvalue weighted by Crippen LogP contribution is -2.40. The monoisotopic (exact) mass is 251 g/mol. The van der Waals surface area contributed by atoms with Crippen molar-refractivity contribution in [2.75, 3.05) is 0 Å². The Bertz CT molecular complexity index is 384. The fourth-order valence-electron chi connectivity index (χ4n) is 1.51. The lowest BCUT2D eigenvalue weighted by Gasteiger charge is -2.24. The first-order valence-corrected chi connectivity index (χ1v) is 6.02. The molecule has 18 heavy (non-hydrogen) atoms. The third-order valence-corrected chi connectivity index (χ3v) is 2.36. The number of aliphatic hydroxyl groups is 1. The molecule has 1 amide bonds. The molecule has 0 heterocycles. The fourth-order valence-corrected chi connectivity index (χ4v) is 1.51. The van der Waals surface area contributed by atoms with E-state index in [1.165, 1.54) is 0 Å². The molecule has 1 aromatic rings. The minimum absolute atomic E-state index is 0.415. The lowest BCUT2D eigenvalue weighted by molar-refractivity contribution is 0.0436. The van der Waals surface area contributed by atoms with Crippen molar-refractivity contribution in [3.63, 3.8) is 0 Å². The van der Waals surface area contributed by atoms with Crippen LogP contribution in [0.5, 0.6) is 0 Å². The van der Waals surface area contributed by atoms with E-state index in [-0.39, 0.29) is 0 Å². The molecule has 2 atom stereocenters. The fraction of sp³-hybridized carbons (Fsp3) is 0.500. The molecule has 0 aromatic heterocycles. The van der Waals surface area contributed by atoms with Crippen LogP contribution in [0.2, 0.25) is 0 Å². The molecule has 0 saturated carbocycles. The maximum absolute atomic E-state index is 11.6. The van der Waals surface area contributed by atoms with E-state index in [1.807, 2.05) is 30.3 Å². The summed E-state index contributed by atoms with van der Waals surface area (Å²) in [6.07, 6.45) is -1.27. The van der Waals surface area contributed by atoms with E-state index in [0.717, 1.165) is 5.56 Å². The molecule has 4 nitrogen and oxygen atoms in total. The topological polar surface area (TPSA) is 58.6 Å². The lowest BCUT2D eigenvalue weighted by atomic mass is 10.0. The summed E-state index contributed by atoms with van der Waals surface area (Å²) in [5.41, 5.74) is 0.225. The average molecular weight is 251 g/mol. The Morgan fingerprint density at radius 2 is 1.83 bits per heavy atom. The number of carbonyl (C=O) groups is 1. The van der Waals surface area contributed by atoms with E-state index in [9.17, 15) is 9.90 Å². The van der Waals surface area contributed by atoms with Gasteiger partial charge in [0.1, 0.15) is 5.60 Å². The first-order chi connectivity index (χ1) is 8.29. The van der Waals surface area contributed by atoms with Crippen LogP contribution in [0, 0.1) is 0 Å². The second-order valence-corrected chi connectivity index (χ2v) is 5.29. The van der Waals surface area contributed by atoms with Crippen LogP contribution in [0.3, 0.4) is 0 Å². The predicted octanol–water partition coefficient (Wildman–Crippen LogP) is 2.63. The molecule has 0 saturated heterocycles. The summed E-state index contributed by atoms with van der Waals surface area (Å²) in [6.45, 7) is 7.13. The SMILES string of the molecule is C[C@@H](NC(=O)OC(C)(C)C)C(O)c1ccccc1. The molecule has 0 aliphatic carbocycles. The summed E-state index contributed by atoms with van der Waals surface area (Å²) in [5.74, 6) is 0. The highest BCUT2D eigenvalue weighted by Gasteiger charge is 2.22. The van der Waals surface area contributed by atoms with Gasteiger partial charge in [-0.05, 0) is 33.3 Å². The van der Waals surface area contributed by atoms with Gasteiger partial charge in [-0.25, -0.2) is 4.79 Å². The standard InChI is InChI=1S/C14H21NO3/c1-10(15-13(17)18-14(2,3)4)12(16)11-8-6-5-7-9-11/h5-10,12,16H,1-4H3,(H,15,17)/t10-,12?/m1/s1. The minimum Gasteiger partial charge on any atom is -0.444 e. The minimum atomic E-state index is -0.751. The average Bonchev–Trinajstić information content (AvgIpc) is 2.26. The van der Waals surface area contributed by atoms with Crippen molar-refractivity contribution in [3.05, 3.63) is 35.9 Å². The predicted molar refractivity (Wildman–Crippen MR) is 70.2 cm³/mol. The number of alkyl carbamates (subject to hydrolysis) is 1. The summed E-state index contributed by atoms with van der Waals surface area (Å²) >= 11 is 0. The normalized spacial score (nSPS) is 14.7. The Hall–Kier alpha value is -1.55. The largest absolute Gasteiger partial charge is 0.444 e. The zero-order chi connectivity index (χ0) is 13.8. The molecule has 0 aliphatic rings. The van der Waals surface area contributed by atoms with Crippen LogP contribution in [0.4, 0.5) is 4.79 Å². The van der Waals surface area contributed by atoms with E-state index in [1.54, 1.807) is 27.7 Å². The quantitative estimate of drug-likeness (QED) is 0.868. The zero-order valence-electron chi connectivity index (χ0n) is 11.3. The summed E-state index contributed by atoms with van der Waals surface area (Å²) in [4.78, 5) is 11.6. The highest BCUT2D eigenvalue weighted by molar-refractivity contribution is 5.68. The third kappa shape index (κ3) is 4.75.